The minimum absolute atomic E-state index is 0.194. The maximum absolute atomic E-state index is 12.7. The van der Waals surface area contributed by atoms with Gasteiger partial charge >= 0.3 is 5.97 Å². The summed E-state index contributed by atoms with van der Waals surface area (Å²) in [6.07, 6.45) is 2.58. The van der Waals surface area contributed by atoms with Crippen LogP contribution in [-0.4, -0.2) is 41.8 Å². The lowest BCUT2D eigenvalue weighted by molar-refractivity contribution is -0.121. The number of rotatable bonds is 6. The Hall–Kier alpha value is -2.32. The van der Waals surface area contributed by atoms with Crippen molar-refractivity contribution in [3.8, 4) is 0 Å². The first-order valence-electron chi connectivity index (χ1n) is 8.62. The van der Waals surface area contributed by atoms with Crippen molar-refractivity contribution in [1.29, 1.82) is 0 Å². The van der Waals surface area contributed by atoms with E-state index in [0.29, 0.717) is 23.5 Å². The molecule has 1 aromatic heterocycles. The second-order valence-corrected chi connectivity index (χ2v) is 8.35. The first-order chi connectivity index (χ1) is 13.1. The number of ether oxygens (including phenoxy) is 1. The van der Waals surface area contributed by atoms with Gasteiger partial charge in [-0.2, -0.15) is 0 Å². The minimum Gasteiger partial charge on any atom is -0.451 e. The number of carbonyl (C=O) groups excluding carboxylic acids is 2. The number of esters is 1. The normalized spacial score (nSPS) is 16.2. The predicted octanol–water partition coefficient (Wildman–Crippen LogP) is 3.82. The molecule has 2 heterocycles. The predicted molar refractivity (Wildman–Crippen MR) is 110 cm³/mol. The largest absolute Gasteiger partial charge is 0.451 e. The number of thiazole rings is 1. The highest BCUT2D eigenvalue weighted by molar-refractivity contribution is 8.00. The number of nitrogens with zero attached hydrogens (tertiary/aromatic N) is 2. The smallest absolute Gasteiger partial charge is 0.358 e. The van der Waals surface area contributed by atoms with Crippen molar-refractivity contribution in [2.75, 3.05) is 29.9 Å². The fourth-order valence-electron chi connectivity index (χ4n) is 2.63. The number of carbonyl (C=O) groups is 2. The van der Waals surface area contributed by atoms with Crippen molar-refractivity contribution in [3.63, 3.8) is 0 Å². The third kappa shape index (κ3) is 4.90. The molecule has 1 atom stereocenters. The van der Waals surface area contributed by atoms with Gasteiger partial charge in [-0.15, -0.1) is 29.7 Å². The molecule has 1 aliphatic heterocycles. The summed E-state index contributed by atoms with van der Waals surface area (Å²) in [4.78, 5) is 31.8. The zero-order chi connectivity index (χ0) is 19.2. The molecule has 27 heavy (non-hydrogen) atoms. The molecular formula is C19H21N3O3S2. The Morgan fingerprint density at radius 3 is 3.07 bits per heavy atom. The fourth-order valence-corrected chi connectivity index (χ4v) is 4.44. The zero-order valence-corrected chi connectivity index (χ0v) is 16.6. The number of benzene rings is 1. The van der Waals surface area contributed by atoms with Crippen molar-refractivity contribution < 1.29 is 14.3 Å². The summed E-state index contributed by atoms with van der Waals surface area (Å²) in [6.45, 7) is 6.63. The van der Waals surface area contributed by atoms with Gasteiger partial charge in [0, 0.05) is 28.6 Å². The molecule has 6 nitrogen and oxygen atoms in total. The van der Waals surface area contributed by atoms with E-state index in [1.54, 1.807) is 28.1 Å². The average Bonchev–Trinajstić information content (AvgIpc) is 3.07. The van der Waals surface area contributed by atoms with E-state index in [4.69, 9.17) is 4.74 Å². The van der Waals surface area contributed by atoms with Crippen LogP contribution in [0, 0.1) is 0 Å². The van der Waals surface area contributed by atoms with Gasteiger partial charge in [0.1, 0.15) is 0 Å². The van der Waals surface area contributed by atoms with Crippen molar-refractivity contribution in [2.45, 2.75) is 23.5 Å². The van der Waals surface area contributed by atoms with Crippen LogP contribution in [0.3, 0.4) is 0 Å². The van der Waals surface area contributed by atoms with Crippen LogP contribution >= 0.6 is 23.1 Å². The molecule has 0 unspecified atom stereocenters. The SMILES string of the molecule is C=CCNc1nc(C(=O)OCC(=O)N2CC[C@@H](C)Sc3ccccc32)cs1. The number of aromatic nitrogens is 1. The van der Waals surface area contributed by atoms with Gasteiger partial charge in [0.25, 0.3) is 5.91 Å². The van der Waals surface area contributed by atoms with Gasteiger partial charge < -0.3 is 15.0 Å². The first kappa shape index (κ1) is 19.4. The maximum Gasteiger partial charge on any atom is 0.358 e. The molecule has 3 rings (SSSR count). The van der Waals surface area contributed by atoms with Crippen LogP contribution in [0.25, 0.3) is 0 Å². The van der Waals surface area contributed by atoms with Crippen molar-refractivity contribution in [3.05, 3.63) is 48.0 Å². The summed E-state index contributed by atoms with van der Waals surface area (Å²) >= 11 is 3.06. The van der Waals surface area contributed by atoms with Crippen LogP contribution in [0.2, 0.25) is 0 Å². The van der Waals surface area contributed by atoms with Gasteiger partial charge in [-0.25, -0.2) is 9.78 Å². The van der Waals surface area contributed by atoms with E-state index < -0.39 is 5.97 Å². The molecule has 0 fully saturated rings. The molecule has 142 valence electrons. The summed E-state index contributed by atoms with van der Waals surface area (Å²) in [6, 6.07) is 7.82. The van der Waals surface area contributed by atoms with Crippen LogP contribution < -0.4 is 10.2 Å². The quantitative estimate of drug-likeness (QED) is 0.584. The molecule has 1 aromatic carbocycles. The number of hydrogen-bond donors (Lipinski definition) is 1. The van der Waals surface area contributed by atoms with Crippen LogP contribution in [0.5, 0.6) is 0 Å². The maximum atomic E-state index is 12.7. The van der Waals surface area contributed by atoms with Gasteiger partial charge in [0.15, 0.2) is 17.4 Å². The Labute approximate surface area is 166 Å². The summed E-state index contributed by atoms with van der Waals surface area (Å²) in [5.74, 6) is -0.831. The number of hydrogen-bond acceptors (Lipinski definition) is 7. The second kappa shape index (κ2) is 9.05. The summed E-state index contributed by atoms with van der Waals surface area (Å²) < 4.78 is 5.20. The molecule has 2 aromatic rings. The molecule has 0 saturated carbocycles. The molecule has 1 N–H and O–H groups in total. The molecule has 0 bridgehead atoms. The van der Waals surface area contributed by atoms with E-state index in [-0.39, 0.29) is 18.2 Å². The van der Waals surface area contributed by atoms with Crippen LogP contribution in [0.1, 0.15) is 23.8 Å². The van der Waals surface area contributed by atoms with E-state index in [0.717, 1.165) is 17.0 Å². The molecule has 0 radical (unpaired) electrons. The van der Waals surface area contributed by atoms with Gasteiger partial charge in [-0.3, -0.25) is 4.79 Å². The Bertz CT molecular complexity index is 837. The Kier molecular flexibility index (Phi) is 6.52. The van der Waals surface area contributed by atoms with E-state index in [9.17, 15) is 9.59 Å². The Morgan fingerprint density at radius 1 is 1.44 bits per heavy atom. The van der Waals surface area contributed by atoms with Gasteiger partial charge in [-0.1, -0.05) is 25.1 Å². The van der Waals surface area contributed by atoms with Crippen LogP contribution in [0.15, 0.2) is 47.2 Å². The first-order valence-corrected chi connectivity index (χ1v) is 10.4. The van der Waals surface area contributed by atoms with E-state index in [1.807, 2.05) is 24.3 Å². The monoisotopic (exact) mass is 403 g/mol. The molecule has 1 aliphatic rings. The lowest BCUT2D eigenvalue weighted by atomic mass is 10.2. The van der Waals surface area contributed by atoms with Crippen LogP contribution in [0.4, 0.5) is 10.8 Å². The molecular weight excluding hydrogens is 382 g/mol. The van der Waals surface area contributed by atoms with Crippen molar-refractivity contribution >= 4 is 45.8 Å². The average molecular weight is 404 g/mol. The molecule has 0 spiro atoms. The lowest BCUT2D eigenvalue weighted by Gasteiger charge is -2.22. The number of anilines is 2. The highest BCUT2D eigenvalue weighted by atomic mass is 32.2. The van der Waals surface area contributed by atoms with Gasteiger partial charge in [0.05, 0.1) is 5.69 Å². The number of fused-ring (bicyclic) bond motifs is 1. The molecule has 8 heteroatoms. The van der Waals surface area contributed by atoms with Gasteiger partial charge in [-0.05, 0) is 18.6 Å². The van der Waals surface area contributed by atoms with Crippen molar-refractivity contribution in [2.24, 2.45) is 0 Å². The number of amides is 1. The van der Waals surface area contributed by atoms with E-state index in [1.165, 1.54) is 11.3 Å². The number of thioether (sulfide) groups is 1. The minimum atomic E-state index is -0.600. The molecule has 0 saturated heterocycles. The van der Waals surface area contributed by atoms with Gasteiger partial charge in [0.2, 0.25) is 0 Å². The third-order valence-corrected chi connectivity index (χ3v) is 6.02. The zero-order valence-electron chi connectivity index (χ0n) is 15.0. The number of para-hydroxylation sites is 1. The van der Waals surface area contributed by atoms with E-state index in [2.05, 4.69) is 23.8 Å². The molecule has 1 amide bonds. The third-order valence-electron chi connectivity index (χ3n) is 3.98. The highest BCUT2D eigenvalue weighted by Crippen LogP contribution is 2.37. The lowest BCUT2D eigenvalue weighted by Crippen LogP contribution is -2.35. The Morgan fingerprint density at radius 2 is 2.26 bits per heavy atom. The highest BCUT2D eigenvalue weighted by Gasteiger charge is 2.25. The van der Waals surface area contributed by atoms with Crippen molar-refractivity contribution in [1.82, 2.24) is 4.98 Å². The number of nitrogens with one attached hydrogen (secondary N) is 1. The summed E-state index contributed by atoms with van der Waals surface area (Å²) in [5.41, 5.74) is 1.07. The van der Waals surface area contributed by atoms with E-state index >= 15 is 0 Å². The van der Waals surface area contributed by atoms with Crippen LogP contribution in [-0.2, 0) is 9.53 Å². The fraction of sp³-hybridized carbons (Fsp3) is 0.316. The summed E-state index contributed by atoms with van der Waals surface area (Å²) in [5, 5.41) is 5.65. The topological polar surface area (TPSA) is 71.5 Å². The standard InChI is InChI=1S/C19H21N3O3S2/c1-3-9-20-19-21-14(12-26-19)18(24)25-11-17(23)22-10-8-13(2)27-16-7-5-4-6-15(16)22/h3-7,12-13H,1,8-11H2,2H3,(H,20,21)/t13-/m1/s1. The second-order valence-electron chi connectivity index (χ2n) is 6.01. The summed E-state index contributed by atoms with van der Waals surface area (Å²) in [7, 11) is 0. The molecule has 0 aliphatic carbocycles. The Balaban J connectivity index is 1.62.